The summed E-state index contributed by atoms with van der Waals surface area (Å²) in [5.41, 5.74) is 13.1. The Bertz CT molecular complexity index is 1070. The fourth-order valence-electron chi connectivity index (χ4n) is 3.47. The third-order valence-electron chi connectivity index (χ3n) is 4.87. The molecule has 4 aromatic rings. The first kappa shape index (κ1) is 19.5. The fourth-order valence-corrected chi connectivity index (χ4v) is 3.47. The van der Waals surface area contributed by atoms with Gasteiger partial charge in [-0.25, -0.2) is 0 Å². The molecule has 0 unspecified atom stereocenters. The lowest BCUT2D eigenvalue weighted by Gasteiger charge is -2.16. The molecule has 0 fully saturated rings. The Morgan fingerprint density at radius 2 is 1.18 bits per heavy atom. The van der Waals surface area contributed by atoms with E-state index in [1.807, 2.05) is 12.1 Å². The molecule has 3 nitrogen and oxygen atoms in total. The van der Waals surface area contributed by atoms with Gasteiger partial charge in [-0.15, -0.1) is 0 Å². The summed E-state index contributed by atoms with van der Waals surface area (Å²) in [7, 11) is 5.12. The van der Waals surface area contributed by atoms with E-state index in [2.05, 4.69) is 91.8 Å². The van der Waals surface area contributed by atoms with E-state index in [9.17, 15) is 0 Å². The largest absolute Gasteiger partial charge is 0.400 e. The molecule has 3 N–H and O–H groups in total. The van der Waals surface area contributed by atoms with Crippen molar-refractivity contribution in [1.82, 2.24) is 0 Å². The van der Waals surface area contributed by atoms with Crippen LogP contribution in [-0.2, 0) is 0 Å². The van der Waals surface area contributed by atoms with Gasteiger partial charge in [-0.2, -0.15) is 0 Å². The predicted octanol–water partition coefficient (Wildman–Crippen LogP) is 5.43. The Balaban J connectivity index is 0.00000109. The standard InChI is InChI=1S/C24H22N2.CH4O/c1-26(2)18-13-11-17(12-14-18)19-7-3-4-8-20(19)22-15-16-24(25)23-10-6-5-9-21(22)23;1-2/h3-16H,25H2,1-2H3;2H,1H3. The van der Waals surface area contributed by atoms with Crippen LogP contribution in [0.4, 0.5) is 11.4 Å². The van der Waals surface area contributed by atoms with E-state index in [0.717, 1.165) is 18.2 Å². The number of aliphatic hydroxyl groups excluding tert-OH is 1. The second-order valence-electron chi connectivity index (χ2n) is 6.73. The lowest BCUT2D eigenvalue weighted by Crippen LogP contribution is -2.07. The van der Waals surface area contributed by atoms with Gasteiger partial charge >= 0.3 is 0 Å². The van der Waals surface area contributed by atoms with Crippen molar-refractivity contribution in [2.24, 2.45) is 0 Å². The zero-order valence-corrected chi connectivity index (χ0v) is 16.6. The average molecular weight is 370 g/mol. The molecule has 142 valence electrons. The molecule has 0 aliphatic rings. The molecule has 4 aromatic carbocycles. The highest BCUT2D eigenvalue weighted by Crippen LogP contribution is 2.38. The Labute approximate surface area is 166 Å². The topological polar surface area (TPSA) is 49.5 Å². The number of hydrogen-bond donors (Lipinski definition) is 2. The summed E-state index contributed by atoms with van der Waals surface area (Å²) in [4.78, 5) is 2.11. The summed E-state index contributed by atoms with van der Waals surface area (Å²) in [6.45, 7) is 0. The zero-order valence-electron chi connectivity index (χ0n) is 16.6. The molecule has 0 saturated carbocycles. The van der Waals surface area contributed by atoms with Crippen molar-refractivity contribution in [2.45, 2.75) is 0 Å². The van der Waals surface area contributed by atoms with E-state index in [4.69, 9.17) is 10.8 Å². The Hall–Kier alpha value is -3.30. The lowest BCUT2D eigenvalue weighted by atomic mass is 9.91. The van der Waals surface area contributed by atoms with Gasteiger partial charge in [-0.3, -0.25) is 0 Å². The highest BCUT2D eigenvalue weighted by molar-refractivity contribution is 6.05. The van der Waals surface area contributed by atoms with Gasteiger partial charge in [0.2, 0.25) is 0 Å². The summed E-state index contributed by atoms with van der Waals surface area (Å²) in [6, 6.07) is 29.7. The minimum Gasteiger partial charge on any atom is -0.400 e. The van der Waals surface area contributed by atoms with Crippen molar-refractivity contribution in [2.75, 3.05) is 31.8 Å². The Kier molecular flexibility index (Phi) is 5.97. The van der Waals surface area contributed by atoms with Gasteiger partial charge in [0, 0.05) is 38.0 Å². The number of nitrogens with zero attached hydrogens (tertiary/aromatic N) is 1. The van der Waals surface area contributed by atoms with Crippen LogP contribution < -0.4 is 10.6 Å². The van der Waals surface area contributed by atoms with Gasteiger partial charge in [-0.1, -0.05) is 66.7 Å². The van der Waals surface area contributed by atoms with Gasteiger partial charge in [-0.05, 0) is 45.8 Å². The monoisotopic (exact) mass is 370 g/mol. The summed E-state index contributed by atoms with van der Waals surface area (Å²) in [5.74, 6) is 0. The van der Waals surface area contributed by atoms with E-state index >= 15 is 0 Å². The fraction of sp³-hybridized carbons (Fsp3) is 0.120. The first-order valence-corrected chi connectivity index (χ1v) is 9.24. The van der Waals surface area contributed by atoms with Gasteiger partial charge in [0.05, 0.1) is 0 Å². The Morgan fingerprint density at radius 1 is 0.607 bits per heavy atom. The minimum atomic E-state index is 0.817. The van der Waals surface area contributed by atoms with E-state index in [0.29, 0.717) is 0 Å². The number of aliphatic hydroxyl groups is 1. The van der Waals surface area contributed by atoms with Gasteiger partial charge in [0.15, 0.2) is 0 Å². The summed E-state index contributed by atoms with van der Waals surface area (Å²) in [6.07, 6.45) is 0. The third-order valence-corrected chi connectivity index (χ3v) is 4.87. The SMILES string of the molecule is CN(C)c1ccc(-c2ccccc2-c2ccc(N)c3ccccc23)cc1.CO. The van der Waals surface area contributed by atoms with Gasteiger partial charge in [0.1, 0.15) is 0 Å². The molecule has 0 atom stereocenters. The van der Waals surface area contributed by atoms with Crippen molar-refractivity contribution in [3.63, 3.8) is 0 Å². The number of anilines is 2. The van der Waals surface area contributed by atoms with Crippen LogP contribution in [0.25, 0.3) is 33.0 Å². The van der Waals surface area contributed by atoms with Crippen molar-refractivity contribution in [3.05, 3.63) is 84.9 Å². The van der Waals surface area contributed by atoms with Crippen molar-refractivity contribution >= 4 is 22.1 Å². The quantitative estimate of drug-likeness (QED) is 0.473. The van der Waals surface area contributed by atoms with E-state index in [-0.39, 0.29) is 0 Å². The molecule has 3 heteroatoms. The van der Waals surface area contributed by atoms with Crippen LogP contribution in [0.5, 0.6) is 0 Å². The number of nitrogens with two attached hydrogens (primary N) is 1. The second-order valence-corrected chi connectivity index (χ2v) is 6.73. The maximum absolute atomic E-state index is 7.00. The van der Waals surface area contributed by atoms with Gasteiger partial charge < -0.3 is 15.7 Å². The molecule has 0 spiro atoms. The minimum absolute atomic E-state index is 0.817. The summed E-state index contributed by atoms with van der Waals surface area (Å²) in [5, 5.41) is 9.28. The number of hydrogen-bond acceptors (Lipinski definition) is 3. The molecule has 28 heavy (non-hydrogen) atoms. The van der Waals surface area contributed by atoms with Crippen LogP contribution in [0.15, 0.2) is 84.9 Å². The molecule has 0 radical (unpaired) electrons. The molecular weight excluding hydrogens is 344 g/mol. The van der Waals surface area contributed by atoms with Crippen LogP contribution in [0.2, 0.25) is 0 Å². The van der Waals surface area contributed by atoms with E-state index in [1.165, 1.54) is 33.3 Å². The summed E-state index contributed by atoms with van der Waals surface area (Å²) < 4.78 is 0. The number of rotatable bonds is 3. The van der Waals surface area contributed by atoms with Crippen LogP contribution in [0.3, 0.4) is 0 Å². The second kappa shape index (κ2) is 8.59. The van der Waals surface area contributed by atoms with E-state index in [1.54, 1.807) is 0 Å². The number of benzene rings is 4. The number of fused-ring (bicyclic) bond motifs is 1. The molecule has 0 heterocycles. The first-order chi connectivity index (χ1) is 13.6. The van der Waals surface area contributed by atoms with Crippen molar-refractivity contribution in [3.8, 4) is 22.3 Å². The molecule has 4 rings (SSSR count). The maximum atomic E-state index is 7.00. The van der Waals surface area contributed by atoms with Crippen molar-refractivity contribution < 1.29 is 5.11 Å². The maximum Gasteiger partial charge on any atom is 0.0394 e. The van der Waals surface area contributed by atoms with Crippen molar-refractivity contribution in [1.29, 1.82) is 0 Å². The summed E-state index contributed by atoms with van der Waals surface area (Å²) >= 11 is 0. The highest BCUT2D eigenvalue weighted by atomic mass is 16.2. The smallest absolute Gasteiger partial charge is 0.0394 e. The zero-order chi connectivity index (χ0) is 20.1. The highest BCUT2D eigenvalue weighted by Gasteiger charge is 2.11. The molecule has 0 saturated heterocycles. The molecule has 0 aliphatic heterocycles. The lowest BCUT2D eigenvalue weighted by molar-refractivity contribution is 0.399. The van der Waals surface area contributed by atoms with Crippen LogP contribution >= 0.6 is 0 Å². The molecule has 0 aliphatic carbocycles. The molecule has 0 aromatic heterocycles. The normalized spacial score (nSPS) is 10.3. The van der Waals surface area contributed by atoms with E-state index < -0.39 is 0 Å². The van der Waals surface area contributed by atoms with Crippen LogP contribution in [0.1, 0.15) is 0 Å². The first-order valence-electron chi connectivity index (χ1n) is 9.24. The Morgan fingerprint density at radius 3 is 1.82 bits per heavy atom. The third kappa shape index (κ3) is 3.71. The molecular formula is C25H26N2O. The average Bonchev–Trinajstić information content (AvgIpc) is 2.76. The van der Waals surface area contributed by atoms with Gasteiger partial charge in [0.25, 0.3) is 0 Å². The van der Waals surface area contributed by atoms with Crippen LogP contribution in [-0.4, -0.2) is 26.3 Å². The molecule has 0 amide bonds. The predicted molar refractivity (Wildman–Crippen MR) is 122 cm³/mol. The van der Waals surface area contributed by atoms with Crippen LogP contribution in [0, 0.1) is 0 Å². The number of nitrogen functional groups attached to an aromatic ring is 1. The molecule has 0 bridgehead atoms.